The Morgan fingerprint density at radius 2 is 1.79 bits per heavy atom. The Balaban J connectivity index is 2.77. The van der Waals surface area contributed by atoms with Gasteiger partial charge in [0.05, 0.1) is 0 Å². The van der Waals surface area contributed by atoms with Gasteiger partial charge in [-0.3, -0.25) is 4.79 Å². The highest BCUT2D eigenvalue weighted by atomic mass is 16.2. The number of likely N-dealkylation sites (N-methyl/N-ethyl adjacent to an activating group) is 1. The first-order valence-corrected chi connectivity index (χ1v) is 6.42. The van der Waals surface area contributed by atoms with E-state index in [0.29, 0.717) is 0 Å². The summed E-state index contributed by atoms with van der Waals surface area (Å²) in [7, 11) is 1.55. The molecule has 2 atom stereocenters. The molecule has 1 aromatic rings. The second-order valence-electron chi connectivity index (χ2n) is 4.39. The van der Waals surface area contributed by atoms with Crippen LogP contribution < -0.4 is 16.0 Å². The third-order valence-corrected chi connectivity index (χ3v) is 2.91. The van der Waals surface area contributed by atoms with Crippen LogP contribution in [0.5, 0.6) is 0 Å². The van der Waals surface area contributed by atoms with E-state index in [9.17, 15) is 9.59 Å². The van der Waals surface area contributed by atoms with Crippen LogP contribution in [0.2, 0.25) is 0 Å². The molecule has 0 heterocycles. The fourth-order valence-corrected chi connectivity index (χ4v) is 1.59. The van der Waals surface area contributed by atoms with Crippen LogP contribution in [0.15, 0.2) is 30.3 Å². The van der Waals surface area contributed by atoms with Crippen molar-refractivity contribution in [2.75, 3.05) is 7.05 Å². The third kappa shape index (κ3) is 4.62. The van der Waals surface area contributed by atoms with Gasteiger partial charge in [-0.1, -0.05) is 37.3 Å². The normalized spacial score (nSPS) is 13.2. The van der Waals surface area contributed by atoms with Crippen LogP contribution in [0, 0.1) is 0 Å². The zero-order valence-electron chi connectivity index (χ0n) is 11.6. The number of carbonyl (C=O) groups is 2. The van der Waals surface area contributed by atoms with E-state index in [1.165, 1.54) is 0 Å². The summed E-state index contributed by atoms with van der Waals surface area (Å²) in [6.07, 6.45) is 0.837. The first-order valence-electron chi connectivity index (χ1n) is 6.42. The minimum absolute atomic E-state index is 0.0705. The topological polar surface area (TPSA) is 70.2 Å². The molecule has 3 amide bonds. The smallest absolute Gasteiger partial charge is 0.315 e. The molecule has 0 bridgehead atoms. The van der Waals surface area contributed by atoms with E-state index in [0.717, 1.165) is 12.0 Å². The Kier molecular flexibility index (Phi) is 5.85. The van der Waals surface area contributed by atoms with Crippen molar-refractivity contribution >= 4 is 11.9 Å². The number of urea groups is 1. The Morgan fingerprint density at radius 1 is 1.16 bits per heavy atom. The Bertz CT molecular complexity index is 420. The lowest BCUT2D eigenvalue weighted by atomic mass is 10.1. The second kappa shape index (κ2) is 7.41. The van der Waals surface area contributed by atoms with Crippen LogP contribution in [0.3, 0.4) is 0 Å². The number of amides is 3. The summed E-state index contributed by atoms with van der Waals surface area (Å²) in [6, 6.07) is 8.19. The highest BCUT2D eigenvalue weighted by Crippen LogP contribution is 2.12. The Morgan fingerprint density at radius 3 is 2.32 bits per heavy atom. The molecule has 0 saturated heterocycles. The standard InChI is InChI=1S/C14H21N3O2/c1-4-10(2)16-14(19)17-12(13(18)15-3)11-8-6-5-7-9-11/h5-10,12H,4H2,1-3H3,(H,15,18)(H2,16,17,19)/t10-,12+/m0/s1. The van der Waals surface area contributed by atoms with Crippen molar-refractivity contribution < 1.29 is 9.59 Å². The van der Waals surface area contributed by atoms with Gasteiger partial charge < -0.3 is 16.0 Å². The molecule has 0 aromatic heterocycles. The largest absolute Gasteiger partial charge is 0.357 e. The van der Waals surface area contributed by atoms with Gasteiger partial charge in [-0.2, -0.15) is 0 Å². The lowest BCUT2D eigenvalue weighted by molar-refractivity contribution is -0.122. The molecule has 0 fully saturated rings. The first kappa shape index (κ1) is 15.0. The van der Waals surface area contributed by atoms with Gasteiger partial charge >= 0.3 is 6.03 Å². The molecule has 3 N–H and O–H groups in total. The fourth-order valence-electron chi connectivity index (χ4n) is 1.59. The van der Waals surface area contributed by atoms with E-state index in [1.807, 2.05) is 44.2 Å². The van der Waals surface area contributed by atoms with Crippen LogP contribution in [0.25, 0.3) is 0 Å². The predicted octanol–water partition coefficient (Wildman–Crippen LogP) is 1.57. The molecule has 0 radical (unpaired) electrons. The number of rotatable bonds is 5. The molecule has 104 valence electrons. The van der Waals surface area contributed by atoms with E-state index in [-0.39, 0.29) is 18.0 Å². The predicted molar refractivity (Wildman–Crippen MR) is 74.7 cm³/mol. The summed E-state index contributed by atoms with van der Waals surface area (Å²) >= 11 is 0. The van der Waals surface area contributed by atoms with E-state index in [4.69, 9.17) is 0 Å². The molecule has 0 aliphatic heterocycles. The molecule has 0 aliphatic rings. The van der Waals surface area contributed by atoms with Gasteiger partial charge in [0.15, 0.2) is 0 Å². The Hall–Kier alpha value is -2.04. The van der Waals surface area contributed by atoms with Crippen LogP contribution in [-0.2, 0) is 4.79 Å². The molecule has 0 saturated carbocycles. The minimum atomic E-state index is -0.685. The molecular formula is C14H21N3O2. The van der Waals surface area contributed by atoms with Crippen LogP contribution in [-0.4, -0.2) is 25.0 Å². The van der Waals surface area contributed by atoms with Gasteiger partial charge in [-0.25, -0.2) is 4.79 Å². The maximum absolute atomic E-state index is 11.8. The van der Waals surface area contributed by atoms with E-state index in [2.05, 4.69) is 16.0 Å². The lowest BCUT2D eigenvalue weighted by Gasteiger charge is -2.19. The lowest BCUT2D eigenvalue weighted by Crippen LogP contribution is -2.46. The number of benzene rings is 1. The van der Waals surface area contributed by atoms with Crippen molar-refractivity contribution in [2.45, 2.75) is 32.4 Å². The number of hydrogen-bond donors (Lipinski definition) is 3. The molecule has 1 rings (SSSR count). The molecule has 5 nitrogen and oxygen atoms in total. The number of hydrogen-bond acceptors (Lipinski definition) is 2. The van der Waals surface area contributed by atoms with Crippen molar-refractivity contribution in [3.63, 3.8) is 0 Å². The van der Waals surface area contributed by atoms with E-state index in [1.54, 1.807) is 7.05 Å². The van der Waals surface area contributed by atoms with E-state index < -0.39 is 6.04 Å². The molecule has 0 unspecified atom stereocenters. The van der Waals surface area contributed by atoms with Gasteiger partial charge in [0.25, 0.3) is 0 Å². The molecule has 19 heavy (non-hydrogen) atoms. The van der Waals surface area contributed by atoms with Gasteiger partial charge in [0.1, 0.15) is 6.04 Å². The summed E-state index contributed by atoms with van der Waals surface area (Å²) in [4.78, 5) is 23.7. The van der Waals surface area contributed by atoms with Gasteiger partial charge in [-0.15, -0.1) is 0 Å². The summed E-state index contributed by atoms with van der Waals surface area (Å²) in [5.74, 6) is -0.245. The molecule has 0 aliphatic carbocycles. The second-order valence-corrected chi connectivity index (χ2v) is 4.39. The maximum atomic E-state index is 11.8. The SMILES string of the molecule is CC[C@H](C)NC(=O)N[C@@H](C(=O)NC)c1ccccc1. The van der Waals surface area contributed by atoms with Crippen molar-refractivity contribution in [1.29, 1.82) is 0 Å². The summed E-state index contributed by atoms with van der Waals surface area (Å²) < 4.78 is 0. The van der Waals surface area contributed by atoms with Gasteiger partial charge in [-0.05, 0) is 18.9 Å². The fraction of sp³-hybridized carbons (Fsp3) is 0.429. The minimum Gasteiger partial charge on any atom is -0.357 e. The summed E-state index contributed by atoms with van der Waals surface area (Å²) in [5, 5.41) is 8.02. The van der Waals surface area contributed by atoms with Crippen LogP contribution in [0.1, 0.15) is 31.9 Å². The third-order valence-electron chi connectivity index (χ3n) is 2.91. The average Bonchev–Trinajstić information content (AvgIpc) is 2.44. The molecular weight excluding hydrogens is 242 g/mol. The molecule has 0 spiro atoms. The summed E-state index contributed by atoms with van der Waals surface area (Å²) in [6.45, 7) is 3.90. The van der Waals surface area contributed by atoms with E-state index >= 15 is 0 Å². The number of carbonyl (C=O) groups excluding carboxylic acids is 2. The van der Waals surface area contributed by atoms with Crippen molar-refractivity contribution in [3.8, 4) is 0 Å². The molecule has 5 heteroatoms. The molecule has 1 aromatic carbocycles. The zero-order valence-corrected chi connectivity index (χ0v) is 11.6. The summed E-state index contributed by atoms with van der Waals surface area (Å²) in [5.41, 5.74) is 0.751. The highest BCUT2D eigenvalue weighted by Gasteiger charge is 2.21. The average molecular weight is 263 g/mol. The van der Waals surface area contributed by atoms with Crippen molar-refractivity contribution in [3.05, 3.63) is 35.9 Å². The highest BCUT2D eigenvalue weighted by molar-refractivity contribution is 5.88. The monoisotopic (exact) mass is 263 g/mol. The van der Waals surface area contributed by atoms with Crippen molar-refractivity contribution in [2.24, 2.45) is 0 Å². The van der Waals surface area contributed by atoms with Crippen LogP contribution >= 0.6 is 0 Å². The van der Waals surface area contributed by atoms with Gasteiger partial charge in [0, 0.05) is 13.1 Å². The van der Waals surface area contributed by atoms with Crippen molar-refractivity contribution in [1.82, 2.24) is 16.0 Å². The van der Waals surface area contributed by atoms with Crippen LogP contribution in [0.4, 0.5) is 4.79 Å². The first-order chi connectivity index (χ1) is 9.08. The zero-order chi connectivity index (χ0) is 14.3. The number of nitrogens with one attached hydrogen (secondary N) is 3. The maximum Gasteiger partial charge on any atom is 0.315 e. The Labute approximate surface area is 113 Å². The van der Waals surface area contributed by atoms with Gasteiger partial charge in [0.2, 0.25) is 5.91 Å². The quantitative estimate of drug-likeness (QED) is 0.754.